The first-order chi connectivity index (χ1) is 9.13. The highest BCUT2D eigenvalue weighted by Crippen LogP contribution is 2.06. The van der Waals surface area contributed by atoms with Crippen molar-refractivity contribution in [2.45, 2.75) is 13.0 Å². The standard InChI is InChI=1S/C15H25N3O/c1-16-10-9-15(19)18(12-11-17(2)3)13-14-7-5-4-6-8-14/h4-8,16H,9-13H2,1-3H3. The number of amides is 1. The number of nitrogens with zero attached hydrogens (tertiary/aromatic N) is 2. The average molecular weight is 263 g/mol. The van der Waals surface area contributed by atoms with Gasteiger partial charge in [-0.1, -0.05) is 30.3 Å². The molecule has 0 saturated carbocycles. The van der Waals surface area contributed by atoms with Crippen LogP contribution in [0.3, 0.4) is 0 Å². The molecule has 1 aromatic rings. The molecule has 0 aliphatic rings. The number of benzene rings is 1. The van der Waals surface area contributed by atoms with Crippen LogP contribution in [-0.4, -0.2) is 56.5 Å². The summed E-state index contributed by atoms with van der Waals surface area (Å²) < 4.78 is 0. The van der Waals surface area contributed by atoms with Crippen molar-refractivity contribution in [2.24, 2.45) is 0 Å². The van der Waals surface area contributed by atoms with Crippen molar-refractivity contribution < 1.29 is 4.79 Å². The van der Waals surface area contributed by atoms with E-state index in [9.17, 15) is 4.79 Å². The molecule has 19 heavy (non-hydrogen) atoms. The summed E-state index contributed by atoms with van der Waals surface area (Å²) in [6.45, 7) is 3.08. The van der Waals surface area contributed by atoms with Crippen LogP contribution in [-0.2, 0) is 11.3 Å². The maximum absolute atomic E-state index is 12.2. The first-order valence-electron chi connectivity index (χ1n) is 6.74. The van der Waals surface area contributed by atoms with Crippen molar-refractivity contribution >= 4 is 5.91 Å². The summed E-state index contributed by atoms with van der Waals surface area (Å²) >= 11 is 0. The van der Waals surface area contributed by atoms with E-state index < -0.39 is 0 Å². The van der Waals surface area contributed by atoms with Crippen LogP contribution >= 0.6 is 0 Å². The molecule has 0 radical (unpaired) electrons. The van der Waals surface area contributed by atoms with Gasteiger partial charge in [0, 0.05) is 32.6 Å². The molecule has 1 amide bonds. The maximum Gasteiger partial charge on any atom is 0.224 e. The van der Waals surface area contributed by atoms with Crippen molar-refractivity contribution in [3.63, 3.8) is 0 Å². The molecule has 0 saturated heterocycles. The first-order valence-corrected chi connectivity index (χ1v) is 6.74. The predicted molar refractivity (Wildman–Crippen MR) is 79.0 cm³/mol. The van der Waals surface area contributed by atoms with Crippen LogP contribution in [0.4, 0.5) is 0 Å². The number of carbonyl (C=O) groups is 1. The molecular weight excluding hydrogens is 238 g/mol. The van der Waals surface area contributed by atoms with E-state index in [1.165, 1.54) is 5.56 Å². The molecule has 1 N–H and O–H groups in total. The summed E-state index contributed by atoms with van der Waals surface area (Å²) in [6.07, 6.45) is 0.552. The maximum atomic E-state index is 12.2. The molecule has 0 aromatic heterocycles. The smallest absolute Gasteiger partial charge is 0.224 e. The Bertz CT molecular complexity index is 365. The van der Waals surface area contributed by atoms with Gasteiger partial charge in [0.2, 0.25) is 5.91 Å². The number of hydrogen-bond donors (Lipinski definition) is 1. The molecule has 0 unspecified atom stereocenters. The summed E-state index contributed by atoms with van der Waals surface area (Å²) in [7, 11) is 5.92. The second-order valence-corrected chi connectivity index (χ2v) is 4.96. The molecule has 0 aliphatic heterocycles. The minimum Gasteiger partial charge on any atom is -0.337 e. The first kappa shape index (κ1) is 15.7. The second-order valence-electron chi connectivity index (χ2n) is 4.96. The highest BCUT2D eigenvalue weighted by Gasteiger charge is 2.13. The largest absolute Gasteiger partial charge is 0.337 e. The van der Waals surface area contributed by atoms with E-state index in [1.807, 2.05) is 44.2 Å². The van der Waals surface area contributed by atoms with Gasteiger partial charge in [0.1, 0.15) is 0 Å². The lowest BCUT2D eigenvalue weighted by molar-refractivity contribution is -0.131. The minimum atomic E-state index is 0.208. The summed E-state index contributed by atoms with van der Waals surface area (Å²) in [5, 5.41) is 3.02. The van der Waals surface area contributed by atoms with E-state index in [1.54, 1.807) is 0 Å². The zero-order valence-electron chi connectivity index (χ0n) is 12.2. The molecule has 0 aliphatic carbocycles. The molecule has 4 heteroatoms. The lowest BCUT2D eigenvalue weighted by Gasteiger charge is -2.24. The van der Waals surface area contributed by atoms with E-state index in [-0.39, 0.29) is 5.91 Å². The summed E-state index contributed by atoms with van der Waals surface area (Å²) in [5.41, 5.74) is 1.18. The Hall–Kier alpha value is -1.39. The predicted octanol–water partition coefficient (Wildman–Crippen LogP) is 1.19. The molecular formula is C15H25N3O. The fourth-order valence-electron chi connectivity index (χ4n) is 1.81. The highest BCUT2D eigenvalue weighted by molar-refractivity contribution is 5.76. The Labute approximate surface area is 116 Å². The monoisotopic (exact) mass is 263 g/mol. The van der Waals surface area contributed by atoms with Gasteiger partial charge >= 0.3 is 0 Å². The lowest BCUT2D eigenvalue weighted by atomic mass is 10.2. The van der Waals surface area contributed by atoms with E-state index in [4.69, 9.17) is 0 Å². The van der Waals surface area contributed by atoms with Gasteiger partial charge in [0.05, 0.1) is 0 Å². The number of rotatable bonds is 8. The fourth-order valence-corrected chi connectivity index (χ4v) is 1.81. The van der Waals surface area contributed by atoms with Crippen molar-refractivity contribution in [1.82, 2.24) is 15.1 Å². The van der Waals surface area contributed by atoms with Gasteiger partial charge in [-0.2, -0.15) is 0 Å². The van der Waals surface area contributed by atoms with Gasteiger partial charge in [-0.15, -0.1) is 0 Å². The number of hydrogen-bond acceptors (Lipinski definition) is 3. The van der Waals surface area contributed by atoms with Gasteiger partial charge < -0.3 is 15.1 Å². The van der Waals surface area contributed by atoms with Crippen LogP contribution in [0.1, 0.15) is 12.0 Å². The van der Waals surface area contributed by atoms with Crippen molar-refractivity contribution in [3.8, 4) is 0 Å². The number of nitrogens with one attached hydrogen (secondary N) is 1. The molecule has 0 bridgehead atoms. The Morgan fingerprint density at radius 1 is 1.16 bits per heavy atom. The molecule has 0 heterocycles. The third-order valence-electron chi connectivity index (χ3n) is 2.97. The van der Waals surface area contributed by atoms with Crippen LogP contribution < -0.4 is 5.32 Å². The minimum absolute atomic E-state index is 0.208. The second kappa shape index (κ2) is 8.67. The van der Waals surface area contributed by atoms with Crippen LogP contribution in [0.25, 0.3) is 0 Å². The molecule has 1 rings (SSSR count). The van der Waals surface area contributed by atoms with E-state index in [0.717, 1.165) is 19.6 Å². The molecule has 0 fully saturated rings. The van der Waals surface area contributed by atoms with Gasteiger partial charge in [0.15, 0.2) is 0 Å². The van der Waals surface area contributed by atoms with Crippen LogP contribution in [0.2, 0.25) is 0 Å². The molecule has 4 nitrogen and oxygen atoms in total. The molecule has 0 spiro atoms. The van der Waals surface area contributed by atoms with Crippen molar-refractivity contribution in [1.29, 1.82) is 0 Å². The normalized spacial score (nSPS) is 10.7. The molecule has 106 valence electrons. The summed E-state index contributed by atoms with van der Waals surface area (Å²) in [5.74, 6) is 0.208. The van der Waals surface area contributed by atoms with E-state index >= 15 is 0 Å². The van der Waals surface area contributed by atoms with Crippen LogP contribution in [0.5, 0.6) is 0 Å². The van der Waals surface area contributed by atoms with Gasteiger partial charge in [-0.05, 0) is 26.7 Å². The lowest BCUT2D eigenvalue weighted by Crippen LogP contribution is -2.37. The van der Waals surface area contributed by atoms with Gasteiger partial charge in [-0.3, -0.25) is 4.79 Å². The fraction of sp³-hybridized carbons (Fsp3) is 0.533. The Morgan fingerprint density at radius 3 is 2.42 bits per heavy atom. The van der Waals surface area contributed by atoms with Crippen LogP contribution in [0.15, 0.2) is 30.3 Å². The molecule has 1 aromatic carbocycles. The van der Waals surface area contributed by atoms with Gasteiger partial charge in [0.25, 0.3) is 0 Å². The quantitative estimate of drug-likeness (QED) is 0.765. The topological polar surface area (TPSA) is 35.6 Å². The summed E-state index contributed by atoms with van der Waals surface area (Å²) in [4.78, 5) is 16.2. The zero-order chi connectivity index (χ0) is 14.1. The van der Waals surface area contributed by atoms with Gasteiger partial charge in [-0.25, -0.2) is 0 Å². The van der Waals surface area contributed by atoms with E-state index in [2.05, 4.69) is 22.3 Å². The zero-order valence-corrected chi connectivity index (χ0v) is 12.2. The SMILES string of the molecule is CNCCC(=O)N(CCN(C)C)Cc1ccccc1. The number of likely N-dealkylation sites (N-methyl/N-ethyl adjacent to an activating group) is 1. The van der Waals surface area contributed by atoms with Crippen molar-refractivity contribution in [2.75, 3.05) is 40.8 Å². The third-order valence-corrected chi connectivity index (χ3v) is 2.97. The summed E-state index contributed by atoms with van der Waals surface area (Å²) in [6, 6.07) is 10.1. The Balaban J connectivity index is 2.60. The third kappa shape index (κ3) is 6.36. The average Bonchev–Trinajstić information content (AvgIpc) is 2.41. The Morgan fingerprint density at radius 2 is 1.84 bits per heavy atom. The van der Waals surface area contributed by atoms with Crippen molar-refractivity contribution in [3.05, 3.63) is 35.9 Å². The number of carbonyl (C=O) groups excluding carboxylic acids is 1. The highest BCUT2D eigenvalue weighted by atomic mass is 16.2. The Kier molecular flexibility index (Phi) is 7.15. The van der Waals surface area contributed by atoms with Crippen LogP contribution in [0, 0.1) is 0 Å². The molecule has 0 atom stereocenters. The van der Waals surface area contributed by atoms with E-state index in [0.29, 0.717) is 13.0 Å².